The molecule has 0 saturated carbocycles. The van der Waals surface area contributed by atoms with Gasteiger partial charge in [0.2, 0.25) is 0 Å². The Hall–Kier alpha value is -4.20. The van der Waals surface area contributed by atoms with Crippen LogP contribution in [0.15, 0.2) is 76.3 Å². The van der Waals surface area contributed by atoms with Crippen LogP contribution in [0.3, 0.4) is 0 Å². The summed E-state index contributed by atoms with van der Waals surface area (Å²) in [7, 11) is 0. The van der Waals surface area contributed by atoms with Crippen molar-refractivity contribution in [3.8, 4) is 0 Å². The first-order valence-corrected chi connectivity index (χ1v) is 14.7. The normalized spacial score (nSPS) is 16.9. The summed E-state index contributed by atoms with van der Waals surface area (Å²) in [5, 5.41) is 0. The molecule has 2 aliphatic rings. The van der Waals surface area contributed by atoms with Gasteiger partial charge in [-0.25, -0.2) is 18.0 Å². The van der Waals surface area contributed by atoms with Crippen molar-refractivity contribution in [2.45, 2.75) is 56.9 Å². The molecule has 4 aromatic rings. The molecule has 0 amide bonds. The van der Waals surface area contributed by atoms with Crippen molar-refractivity contribution >= 4 is 0 Å². The molecule has 1 saturated heterocycles. The lowest BCUT2D eigenvalue weighted by molar-refractivity contribution is -0.138. The zero-order valence-corrected chi connectivity index (χ0v) is 24.5. The van der Waals surface area contributed by atoms with Gasteiger partial charge in [-0.2, -0.15) is 13.2 Å². The maximum Gasteiger partial charge on any atom is 0.416 e. The highest BCUT2D eigenvalue weighted by Gasteiger charge is 2.47. The Morgan fingerprint density at radius 1 is 0.848 bits per heavy atom. The minimum atomic E-state index is -4.90. The van der Waals surface area contributed by atoms with E-state index in [0.717, 1.165) is 33.4 Å². The summed E-state index contributed by atoms with van der Waals surface area (Å²) < 4.78 is 93.0. The van der Waals surface area contributed by atoms with Crippen LogP contribution in [0.4, 0.5) is 26.3 Å². The quantitative estimate of drug-likeness (QED) is 0.280. The van der Waals surface area contributed by atoms with Crippen LogP contribution in [0.25, 0.3) is 0 Å². The molecule has 1 atom stereocenters. The molecule has 242 valence electrons. The standard InChI is InChI=1S/C33H30F6N4O3/c34-24-10-5-9-23(33(37,38)39)22(24)17-42-27-19-46-32(12-14-41(15-13-32)16-21-8-4-11-25(35)29(21)36)28(27)30(44)43(31(42)45)18-26(40)20-6-2-1-3-7-20/h1-11,26H,12-19,40H2. The number of nitrogens with zero attached hydrogens (tertiary/aromatic N) is 3. The number of piperidine rings is 1. The van der Waals surface area contributed by atoms with Gasteiger partial charge in [-0.1, -0.05) is 48.5 Å². The second-order valence-electron chi connectivity index (χ2n) is 11.7. The monoisotopic (exact) mass is 644 g/mol. The highest BCUT2D eigenvalue weighted by molar-refractivity contribution is 5.35. The van der Waals surface area contributed by atoms with Crippen LogP contribution in [0.1, 0.15) is 52.4 Å². The molecule has 1 fully saturated rings. The van der Waals surface area contributed by atoms with Gasteiger partial charge in [-0.15, -0.1) is 0 Å². The smallest absolute Gasteiger partial charge is 0.364 e. The predicted molar refractivity (Wildman–Crippen MR) is 156 cm³/mol. The third-order valence-corrected chi connectivity index (χ3v) is 8.91. The molecule has 2 N–H and O–H groups in total. The molecule has 2 aliphatic heterocycles. The number of alkyl halides is 3. The maximum absolute atomic E-state index is 15.0. The fourth-order valence-electron chi connectivity index (χ4n) is 6.48. The summed E-state index contributed by atoms with van der Waals surface area (Å²) >= 11 is 0. The molecule has 6 rings (SSSR count). The molecule has 7 nitrogen and oxygen atoms in total. The Balaban J connectivity index is 1.41. The van der Waals surface area contributed by atoms with Gasteiger partial charge in [-0.3, -0.25) is 18.8 Å². The number of nitrogens with two attached hydrogens (primary N) is 1. The largest absolute Gasteiger partial charge is 0.416 e. The number of benzene rings is 3. The van der Waals surface area contributed by atoms with E-state index in [9.17, 15) is 35.9 Å². The SMILES string of the molecule is NC(Cn1c(=O)c2c(n(Cc3c(F)cccc3C(F)(F)F)c1=O)COC21CCN(Cc2cccc(F)c2F)CC1)c1ccccc1. The van der Waals surface area contributed by atoms with E-state index in [0.29, 0.717) is 18.7 Å². The summed E-state index contributed by atoms with van der Waals surface area (Å²) in [5.74, 6) is -3.06. The lowest BCUT2D eigenvalue weighted by Gasteiger charge is -2.39. The van der Waals surface area contributed by atoms with E-state index in [-0.39, 0.29) is 49.4 Å². The number of hydrogen-bond donors (Lipinski definition) is 1. The summed E-state index contributed by atoms with van der Waals surface area (Å²) in [6.07, 6.45) is -4.45. The Morgan fingerprint density at radius 2 is 1.52 bits per heavy atom. The number of ether oxygens (including phenoxy) is 1. The molecule has 1 aromatic heterocycles. The fraction of sp³-hybridized carbons (Fsp3) is 0.333. The third-order valence-electron chi connectivity index (χ3n) is 8.91. The van der Waals surface area contributed by atoms with Gasteiger partial charge in [0.15, 0.2) is 11.6 Å². The van der Waals surface area contributed by atoms with Crippen LogP contribution in [0.2, 0.25) is 0 Å². The molecular formula is C33H30F6N4O3. The van der Waals surface area contributed by atoms with E-state index >= 15 is 0 Å². The van der Waals surface area contributed by atoms with Crippen LogP contribution < -0.4 is 17.0 Å². The molecule has 0 bridgehead atoms. The van der Waals surface area contributed by atoms with E-state index in [1.807, 2.05) is 4.90 Å². The lowest BCUT2D eigenvalue weighted by atomic mass is 9.85. The first-order chi connectivity index (χ1) is 21.9. The first-order valence-electron chi connectivity index (χ1n) is 14.7. The van der Waals surface area contributed by atoms with Crippen LogP contribution >= 0.6 is 0 Å². The van der Waals surface area contributed by atoms with Crippen LogP contribution in [-0.4, -0.2) is 27.1 Å². The number of rotatable bonds is 7. The Labute approximate surface area is 259 Å². The molecule has 0 aliphatic carbocycles. The highest BCUT2D eigenvalue weighted by Crippen LogP contribution is 2.43. The Morgan fingerprint density at radius 3 is 2.22 bits per heavy atom. The van der Waals surface area contributed by atoms with Crippen LogP contribution in [0, 0.1) is 17.5 Å². The molecule has 13 heteroatoms. The van der Waals surface area contributed by atoms with Gasteiger partial charge in [0.1, 0.15) is 11.4 Å². The van der Waals surface area contributed by atoms with Gasteiger partial charge in [0.25, 0.3) is 5.56 Å². The lowest BCUT2D eigenvalue weighted by Crippen LogP contribution is -2.49. The second kappa shape index (κ2) is 12.2. The number of halogens is 6. The minimum absolute atomic E-state index is 0.0699. The van der Waals surface area contributed by atoms with E-state index in [1.54, 1.807) is 30.3 Å². The molecular weight excluding hydrogens is 614 g/mol. The van der Waals surface area contributed by atoms with Crippen molar-refractivity contribution in [2.24, 2.45) is 5.73 Å². The van der Waals surface area contributed by atoms with Gasteiger partial charge < -0.3 is 10.5 Å². The van der Waals surface area contributed by atoms with Crippen molar-refractivity contribution in [1.82, 2.24) is 14.0 Å². The average Bonchev–Trinajstić information content (AvgIpc) is 3.39. The average molecular weight is 645 g/mol. The second-order valence-corrected chi connectivity index (χ2v) is 11.7. The van der Waals surface area contributed by atoms with Crippen molar-refractivity contribution in [2.75, 3.05) is 13.1 Å². The molecule has 1 unspecified atom stereocenters. The van der Waals surface area contributed by atoms with Gasteiger partial charge in [0.05, 0.1) is 36.5 Å². The minimum Gasteiger partial charge on any atom is -0.364 e. The molecule has 3 aromatic carbocycles. The van der Waals surface area contributed by atoms with Crippen molar-refractivity contribution < 1.29 is 31.1 Å². The molecule has 0 radical (unpaired) electrons. The Kier molecular flexibility index (Phi) is 8.42. The first kappa shape index (κ1) is 31.8. The number of likely N-dealkylation sites (tertiary alicyclic amines) is 1. The van der Waals surface area contributed by atoms with E-state index < -0.39 is 64.2 Å². The highest BCUT2D eigenvalue weighted by atomic mass is 19.4. The number of fused-ring (bicyclic) bond motifs is 2. The predicted octanol–water partition coefficient (Wildman–Crippen LogP) is 5.22. The van der Waals surface area contributed by atoms with Crippen molar-refractivity contribution in [3.63, 3.8) is 0 Å². The van der Waals surface area contributed by atoms with Crippen LogP contribution in [0.5, 0.6) is 0 Å². The van der Waals surface area contributed by atoms with Gasteiger partial charge >= 0.3 is 11.9 Å². The summed E-state index contributed by atoms with van der Waals surface area (Å²) in [4.78, 5) is 29.9. The zero-order valence-electron chi connectivity index (χ0n) is 24.5. The zero-order chi connectivity index (χ0) is 32.8. The summed E-state index contributed by atoms with van der Waals surface area (Å²) in [5.41, 5.74) is 2.54. The van der Waals surface area contributed by atoms with Gasteiger partial charge in [-0.05, 0) is 36.6 Å². The number of hydrogen-bond acceptors (Lipinski definition) is 5. The van der Waals surface area contributed by atoms with Crippen LogP contribution in [-0.2, 0) is 42.8 Å². The third kappa shape index (κ3) is 5.78. The maximum atomic E-state index is 15.0. The van der Waals surface area contributed by atoms with E-state index in [4.69, 9.17) is 10.5 Å². The fourth-order valence-corrected chi connectivity index (χ4v) is 6.48. The van der Waals surface area contributed by atoms with E-state index in [1.165, 1.54) is 12.1 Å². The molecule has 3 heterocycles. The Bertz CT molecular complexity index is 1880. The number of aromatic nitrogens is 2. The van der Waals surface area contributed by atoms with Crippen molar-refractivity contribution in [1.29, 1.82) is 0 Å². The van der Waals surface area contributed by atoms with Crippen molar-refractivity contribution in [3.05, 3.63) is 139 Å². The van der Waals surface area contributed by atoms with E-state index in [2.05, 4.69) is 0 Å². The summed E-state index contributed by atoms with van der Waals surface area (Å²) in [6, 6.07) is 14.4. The molecule has 46 heavy (non-hydrogen) atoms. The summed E-state index contributed by atoms with van der Waals surface area (Å²) in [6.45, 7) is -0.630. The topological polar surface area (TPSA) is 82.5 Å². The molecule has 1 spiro atoms. The van der Waals surface area contributed by atoms with Gasteiger partial charge in [0, 0.05) is 36.8 Å².